The van der Waals surface area contributed by atoms with Gasteiger partial charge >= 0.3 is 0 Å². The third-order valence-electron chi connectivity index (χ3n) is 5.64. The van der Waals surface area contributed by atoms with Crippen molar-refractivity contribution in [2.24, 2.45) is 0 Å². The van der Waals surface area contributed by atoms with Crippen molar-refractivity contribution in [3.63, 3.8) is 0 Å². The van der Waals surface area contributed by atoms with Crippen molar-refractivity contribution in [3.8, 4) is 33.9 Å². The maximum Gasteiger partial charge on any atom is 0.128 e. The lowest BCUT2D eigenvalue weighted by Crippen LogP contribution is -2.15. The van der Waals surface area contributed by atoms with Gasteiger partial charge in [0.15, 0.2) is 0 Å². The topological polar surface area (TPSA) is 135 Å². The van der Waals surface area contributed by atoms with Crippen LogP contribution in [0.15, 0.2) is 79.0 Å². The number of aromatic nitrogens is 1. The molecule has 0 fully saturated rings. The number of hydrogen-bond acceptors (Lipinski definition) is 7. The maximum absolute atomic E-state index is 10.5. The number of aromatic hydroxyl groups is 2. The number of nitrogens with one attached hydrogen (secondary N) is 2. The number of anilines is 2. The molecule has 172 valence electrons. The number of phenols is 2. The molecule has 0 bridgehead atoms. The minimum Gasteiger partial charge on any atom is -0.507 e. The standard InChI is InChI=1S/C27H26N4O3/c1-16(28)20-12-18(10-11-22(20)29)21-13-19(31-23(15-32)17-6-3-2-4-7-17)14-30-27(21)26-24(33)8-5-9-25(26)34/h2-14,23,28,31-34H,15,29H2,1H3. The highest BCUT2D eigenvalue weighted by molar-refractivity contribution is 6.02. The Balaban J connectivity index is 1.87. The van der Waals surface area contributed by atoms with E-state index in [0.717, 1.165) is 5.56 Å². The fourth-order valence-electron chi connectivity index (χ4n) is 3.90. The van der Waals surface area contributed by atoms with Gasteiger partial charge in [0, 0.05) is 22.5 Å². The molecule has 7 N–H and O–H groups in total. The fraction of sp³-hybridized carbons (Fsp3) is 0.111. The molecule has 34 heavy (non-hydrogen) atoms. The molecule has 1 unspecified atom stereocenters. The molecule has 1 aromatic heterocycles. The Bertz CT molecular complexity index is 1320. The van der Waals surface area contributed by atoms with Crippen molar-refractivity contribution in [3.05, 3.63) is 90.1 Å². The van der Waals surface area contributed by atoms with Gasteiger partial charge in [0.25, 0.3) is 0 Å². The molecule has 4 aromatic rings. The second kappa shape index (κ2) is 9.64. The van der Waals surface area contributed by atoms with E-state index >= 15 is 0 Å². The second-order valence-corrected chi connectivity index (χ2v) is 8.01. The van der Waals surface area contributed by atoms with Crippen molar-refractivity contribution in [1.29, 1.82) is 5.41 Å². The van der Waals surface area contributed by atoms with Crippen LogP contribution in [0.4, 0.5) is 11.4 Å². The molecule has 0 aliphatic carbocycles. The molecular formula is C27H26N4O3. The number of hydrogen-bond donors (Lipinski definition) is 6. The average molecular weight is 455 g/mol. The van der Waals surface area contributed by atoms with Crippen LogP contribution in [-0.2, 0) is 0 Å². The predicted molar refractivity (Wildman–Crippen MR) is 135 cm³/mol. The van der Waals surface area contributed by atoms with Crippen molar-refractivity contribution >= 4 is 17.1 Å². The molecule has 4 rings (SSSR count). The molecule has 0 spiro atoms. The van der Waals surface area contributed by atoms with E-state index in [4.69, 9.17) is 11.1 Å². The van der Waals surface area contributed by atoms with E-state index in [0.29, 0.717) is 39.5 Å². The predicted octanol–water partition coefficient (Wildman–Crippen LogP) is 4.94. The van der Waals surface area contributed by atoms with Gasteiger partial charge in [-0.15, -0.1) is 0 Å². The molecule has 7 heteroatoms. The first-order chi connectivity index (χ1) is 16.4. The lowest BCUT2D eigenvalue weighted by molar-refractivity contribution is 0.276. The lowest BCUT2D eigenvalue weighted by atomic mass is 9.95. The molecule has 3 aromatic carbocycles. The highest BCUT2D eigenvalue weighted by atomic mass is 16.3. The van der Waals surface area contributed by atoms with E-state index in [1.807, 2.05) is 42.5 Å². The number of pyridine rings is 1. The summed E-state index contributed by atoms with van der Waals surface area (Å²) in [6.45, 7) is 1.54. The minimum absolute atomic E-state index is 0.106. The van der Waals surface area contributed by atoms with Gasteiger partial charge in [0.05, 0.1) is 35.8 Å². The number of aliphatic hydroxyl groups is 1. The Morgan fingerprint density at radius 1 is 1.00 bits per heavy atom. The first-order valence-electron chi connectivity index (χ1n) is 10.8. The summed E-state index contributed by atoms with van der Waals surface area (Å²) in [6.07, 6.45) is 1.59. The number of rotatable bonds is 7. The van der Waals surface area contributed by atoms with Crippen molar-refractivity contribution < 1.29 is 15.3 Å². The monoisotopic (exact) mass is 454 g/mol. The summed E-state index contributed by atoms with van der Waals surface area (Å²) in [5, 5.41) is 42.3. The molecule has 0 radical (unpaired) electrons. The van der Waals surface area contributed by atoms with E-state index in [1.54, 1.807) is 31.3 Å². The fourth-order valence-corrected chi connectivity index (χ4v) is 3.90. The first-order valence-corrected chi connectivity index (χ1v) is 10.8. The van der Waals surface area contributed by atoms with Crippen LogP contribution in [0, 0.1) is 5.41 Å². The third kappa shape index (κ3) is 4.55. The van der Waals surface area contributed by atoms with E-state index in [-0.39, 0.29) is 29.7 Å². The van der Waals surface area contributed by atoms with Crippen LogP contribution in [0.2, 0.25) is 0 Å². The Hall–Kier alpha value is -4.36. The summed E-state index contributed by atoms with van der Waals surface area (Å²) in [6, 6.07) is 20.9. The zero-order chi connectivity index (χ0) is 24.2. The third-order valence-corrected chi connectivity index (χ3v) is 5.64. The first kappa shape index (κ1) is 22.8. The summed E-state index contributed by atoms with van der Waals surface area (Å²) in [4.78, 5) is 4.58. The molecule has 1 heterocycles. The quantitative estimate of drug-likeness (QED) is 0.173. The van der Waals surface area contributed by atoms with Gasteiger partial charge in [-0.05, 0) is 48.4 Å². The van der Waals surface area contributed by atoms with Gasteiger partial charge in [-0.25, -0.2) is 0 Å². The summed E-state index contributed by atoms with van der Waals surface area (Å²) < 4.78 is 0. The normalized spacial score (nSPS) is 11.7. The molecule has 0 amide bonds. The zero-order valence-corrected chi connectivity index (χ0v) is 18.7. The lowest BCUT2D eigenvalue weighted by Gasteiger charge is -2.20. The number of nitrogens with two attached hydrogens (primary N) is 1. The minimum atomic E-state index is -0.356. The summed E-state index contributed by atoms with van der Waals surface area (Å²) in [5.41, 5.74) is 10.9. The molecule has 7 nitrogen and oxygen atoms in total. The Kier molecular flexibility index (Phi) is 6.47. The smallest absolute Gasteiger partial charge is 0.128 e. The maximum atomic E-state index is 10.5. The van der Waals surface area contributed by atoms with Crippen molar-refractivity contribution in [1.82, 2.24) is 4.98 Å². The van der Waals surface area contributed by atoms with Crippen LogP contribution in [0.3, 0.4) is 0 Å². The van der Waals surface area contributed by atoms with E-state index in [2.05, 4.69) is 10.3 Å². The summed E-state index contributed by atoms with van der Waals surface area (Å²) >= 11 is 0. The second-order valence-electron chi connectivity index (χ2n) is 8.01. The van der Waals surface area contributed by atoms with Crippen LogP contribution >= 0.6 is 0 Å². The molecule has 0 saturated carbocycles. The molecular weight excluding hydrogens is 428 g/mol. The Morgan fingerprint density at radius 2 is 1.71 bits per heavy atom. The van der Waals surface area contributed by atoms with Crippen LogP contribution in [0.5, 0.6) is 11.5 Å². The Labute approximate surface area is 197 Å². The number of aliphatic hydroxyl groups excluding tert-OH is 1. The van der Waals surface area contributed by atoms with Crippen LogP contribution < -0.4 is 11.1 Å². The van der Waals surface area contributed by atoms with Crippen LogP contribution in [0.1, 0.15) is 24.1 Å². The van der Waals surface area contributed by atoms with Gasteiger partial charge in [0.1, 0.15) is 11.5 Å². The van der Waals surface area contributed by atoms with Crippen molar-refractivity contribution in [2.75, 3.05) is 17.7 Å². The van der Waals surface area contributed by atoms with E-state index in [9.17, 15) is 15.3 Å². The zero-order valence-electron chi connectivity index (χ0n) is 18.7. The van der Waals surface area contributed by atoms with Crippen LogP contribution in [-0.4, -0.2) is 32.6 Å². The highest BCUT2D eigenvalue weighted by Crippen LogP contribution is 2.42. The average Bonchev–Trinajstić information content (AvgIpc) is 2.83. The van der Waals surface area contributed by atoms with Crippen molar-refractivity contribution in [2.45, 2.75) is 13.0 Å². The highest BCUT2D eigenvalue weighted by Gasteiger charge is 2.19. The summed E-state index contributed by atoms with van der Waals surface area (Å²) in [7, 11) is 0. The SMILES string of the molecule is CC(=N)c1cc(-c2cc(NC(CO)c3ccccc3)cnc2-c2c(O)cccc2O)ccc1N. The molecule has 0 aliphatic heterocycles. The number of phenolic OH excluding ortho intramolecular Hbond substituents is 2. The summed E-state index contributed by atoms with van der Waals surface area (Å²) in [5.74, 6) is -0.211. The molecule has 0 aliphatic rings. The van der Waals surface area contributed by atoms with E-state index in [1.165, 1.54) is 12.1 Å². The van der Waals surface area contributed by atoms with Gasteiger partial charge in [-0.3, -0.25) is 4.98 Å². The molecule has 1 atom stereocenters. The largest absolute Gasteiger partial charge is 0.507 e. The van der Waals surface area contributed by atoms with Gasteiger partial charge < -0.3 is 31.8 Å². The number of nitrogen functional groups attached to an aromatic ring is 1. The van der Waals surface area contributed by atoms with E-state index < -0.39 is 0 Å². The van der Waals surface area contributed by atoms with Crippen LogP contribution in [0.25, 0.3) is 22.4 Å². The number of benzene rings is 3. The number of nitrogens with zero attached hydrogens (tertiary/aromatic N) is 1. The molecule has 0 saturated heterocycles. The Morgan fingerprint density at radius 3 is 2.35 bits per heavy atom. The van der Waals surface area contributed by atoms with Gasteiger partial charge in [-0.2, -0.15) is 0 Å². The van der Waals surface area contributed by atoms with Gasteiger partial charge in [-0.1, -0.05) is 42.5 Å². The van der Waals surface area contributed by atoms with Gasteiger partial charge in [0.2, 0.25) is 0 Å².